The highest BCUT2D eigenvalue weighted by molar-refractivity contribution is 7.91. The molecule has 0 radical (unpaired) electrons. The molecule has 2 aromatic rings. The van der Waals surface area contributed by atoms with Gasteiger partial charge in [-0.1, -0.05) is 18.2 Å². The maximum atomic E-state index is 12.8. The zero-order chi connectivity index (χ0) is 18.0. The first-order valence-electron chi connectivity index (χ1n) is 7.75. The molecule has 0 bridgehead atoms. The number of hydrogen-bond acceptors (Lipinski definition) is 5. The lowest BCUT2D eigenvalue weighted by Gasteiger charge is -2.09. The van der Waals surface area contributed by atoms with Crippen LogP contribution in [0.1, 0.15) is 22.3 Å². The molecule has 6 heteroatoms. The van der Waals surface area contributed by atoms with E-state index in [0.717, 1.165) is 5.56 Å². The van der Waals surface area contributed by atoms with Gasteiger partial charge in [0.15, 0.2) is 27.1 Å². The fraction of sp³-hybridized carbons (Fsp3) is 0.211. The van der Waals surface area contributed by atoms with E-state index in [9.17, 15) is 13.2 Å². The molecule has 0 spiro atoms. The minimum Gasteiger partial charge on any atom is -0.493 e. The maximum absolute atomic E-state index is 12.8. The zero-order valence-electron chi connectivity index (χ0n) is 14.0. The lowest BCUT2D eigenvalue weighted by molar-refractivity contribution is 0.103. The van der Waals surface area contributed by atoms with Gasteiger partial charge in [0.05, 0.1) is 24.9 Å². The van der Waals surface area contributed by atoms with Crippen molar-refractivity contribution in [3.63, 3.8) is 0 Å². The van der Waals surface area contributed by atoms with Crippen molar-refractivity contribution < 1.29 is 22.7 Å². The summed E-state index contributed by atoms with van der Waals surface area (Å²) in [4.78, 5) is 12.9. The molecule has 1 aliphatic rings. The van der Waals surface area contributed by atoms with Crippen molar-refractivity contribution in [1.29, 1.82) is 0 Å². The monoisotopic (exact) mass is 358 g/mol. The summed E-state index contributed by atoms with van der Waals surface area (Å²) in [6, 6.07) is 11.7. The summed E-state index contributed by atoms with van der Waals surface area (Å²) in [6.45, 7) is 0. The van der Waals surface area contributed by atoms with Gasteiger partial charge in [0.2, 0.25) is 0 Å². The summed E-state index contributed by atoms with van der Waals surface area (Å²) >= 11 is 0. The van der Waals surface area contributed by atoms with Gasteiger partial charge in [-0.3, -0.25) is 4.79 Å². The van der Waals surface area contributed by atoms with Crippen molar-refractivity contribution in [3.8, 4) is 11.5 Å². The van der Waals surface area contributed by atoms with E-state index >= 15 is 0 Å². The summed E-state index contributed by atoms with van der Waals surface area (Å²) in [6.07, 6.45) is 1.88. The second kappa shape index (κ2) is 6.72. The summed E-state index contributed by atoms with van der Waals surface area (Å²) < 4.78 is 35.3. The van der Waals surface area contributed by atoms with Crippen LogP contribution in [0.5, 0.6) is 11.5 Å². The van der Waals surface area contributed by atoms with Gasteiger partial charge in [0.1, 0.15) is 0 Å². The molecule has 0 amide bonds. The molecule has 25 heavy (non-hydrogen) atoms. The average Bonchev–Trinajstić information content (AvgIpc) is 2.72. The molecule has 2 aromatic carbocycles. The van der Waals surface area contributed by atoms with Crippen LogP contribution >= 0.6 is 0 Å². The first-order chi connectivity index (χ1) is 12.0. The summed E-state index contributed by atoms with van der Waals surface area (Å²) in [5.41, 5.74) is 1.44. The number of methoxy groups -OCH3 is 2. The van der Waals surface area contributed by atoms with E-state index < -0.39 is 9.84 Å². The molecule has 0 aromatic heterocycles. The fourth-order valence-electron chi connectivity index (χ4n) is 2.85. The molecule has 0 unspecified atom stereocenters. The van der Waals surface area contributed by atoms with Crippen LogP contribution in [0.25, 0.3) is 6.08 Å². The van der Waals surface area contributed by atoms with Crippen molar-refractivity contribution in [2.75, 3.05) is 20.0 Å². The number of carbonyl (C=O) groups excluding carboxylic acids is 1. The third-order valence-electron chi connectivity index (χ3n) is 4.15. The number of hydrogen-bond donors (Lipinski definition) is 0. The fourth-order valence-corrected chi connectivity index (χ4v) is 4.34. The number of rotatable bonds is 3. The molecule has 0 fully saturated rings. The highest BCUT2D eigenvalue weighted by Gasteiger charge is 2.28. The molecule has 0 N–H and O–H groups in total. The van der Waals surface area contributed by atoms with Gasteiger partial charge in [0.25, 0.3) is 0 Å². The summed E-state index contributed by atoms with van der Waals surface area (Å²) in [5, 5.41) is 0. The average molecular weight is 358 g/mol. The Labute approximate surface area is 146 Å². The van der Waals surface area contributed by atoms with Crippen molar-refractivity contribution in [2.24, 2.45) is 0 Å². The SMILES string of the molecule is COc1ccc(C=C2CCS(=O)(=O)c3ccccc3C2=O)cc1OC. The molecule has 130 valence electrons. The largest absolute Gasteiger partial charge is 0.493 e. The van der Waals surface area contributed by atoms with Crippen molar-refractivity contribution >= 4 is 21.7 Å². The minimum atomic E-state index is -3.47. The van der Waals surface area contributed by atoms with Crippen LogP contribution in [0.2, 0.25) is 0 Å². The second-order valence-electron chi connectivity index (χ2n) is 5.68. The molecule has 1 aliphatic heterocycles. The standard InChI is InChI=1S/C19H18O5S/c1-23-16-8-7-13(12-17(16)24-2)11-14-9-10-25(21,22)18-6-4-3-5-15(18)19(14)20/h3-8,11-12H,9-10H2,1-2H3. The number of allylic oxidation sites excluding steroid dienone is 1. The van der Waals surface area contributed by atoms with Crippen LogP contribution in [-0.4, -0.2) is 34.2 Å². The summed E-state index contributed by atoms with van der Waals surface area (Å²) in [5.74, 6) is 0.789. The maximum Gasteiger partial charge on any atom is 0.190 e. The number of sulfone groups is 1. The van der Waals surface area contributed by atoms with Gasteiger partial charge in [0, 0.05) is 11.1 Å². The van der Waals surface area contributed by atoms with Gasteiger partial charge >= 0.3 is 0 Å². The van der Waals surface area contributed by atoms with Gasteiger partial charge < -0.3 is 9.47 Å². The minimum absolute atomic E-state index is 0.0884. The third-order valence-corrected chi connectivity index (χ3v) is 5.91. The predicted molar refractivity (Wildman–Crippen MR) is 95.0 cm³/mol. The Kier molecular flexibility index (Phi) is 4.63. The highest BCUT2D eigenvalue weighted by atomic mass is 32.2. The molecule has 0 atom stereocenters. The van der Waals surface area contributed by atoms with Crippen LogP contribution in [0.15, 0.2) is 52.9 Å². The van der Waals surface area contributed by atoms with E-state index in [1.165, 1.54) is 13.2 Å². The molecule has 0 aliphatic carbocycles. The van der Waals surface area contributed by atoms with E-state index in [-0.39, 0.29) is 28.4 Å². The second-order valence-corrected chi connectivity index (χ2v) is 7.76. The Morgan fingerprint density at radius 3 is 2.44 bits per heavy atom. The highest BCUT2D eigenvalue weighted by Crippen LogP contribution is 2.31. The van der Waals surface area contributed by atoms with Crippen molar-refractivity contribution in [3.05, 3.63) is 59.2 Å². The lowest BCUT2D eigenvalue weighted by atomic mass is 9.99. The molecular formula is C19H18O5S. The lowest BCUT2D eigenvalue weighted by Crippen LogP contribution is -2.06. The molecule has 0 saturated heterocycles. The molecular weight excluding hydrogens is 340 g/mol. The Bertz CT molecular complexity index is 958. The Morgan fingerprint density at radius 1 is 1.00 bits per heavy atom. The van der Waals surface area contributed by atoms with Gasteiger partial charge in [-0.2, -0.15) is 0 Å². The van der Waals surface area contributed by atoms with Crippen LogP contribution in [0, 0.1) is 0 Å². The normalized spacial score (nSPS) is 17.7. The Morgan fingerprint density at radius 2 is 1.72 bits per heavy atom. The number of Topliss-reactive ketones (excluding diaryl/α,β-unsaturated/α-hetero) is 1. The van der Waals surface area contributed by atoms with E-state index in [1.807, 2.05) is 0 Å². The van der Waals surface area contributed by atoms with Crippen LogP contribution in [-0.2, 0) is 9.84 Å². The molecule has 5 nitrogen and oxygen atoms in total. The molecule has 0 saturated carbocycles. The topological polar surface area (TPSA) is 69.7 Å². The molecule has 3 rings (SSSR count). The number of benzene rings is 2. The number of ketones is 1. The first kappa shape index (κ1) is 17.2. The van der Waals surface area contributed by atoms with E-state index in [1.54, 1.807) is 49.6 Å². The van der Waals surface area contributed by atoms with Crippen LogP contribution in [0.3, 0.4) is 0 Å². The third kappa shape index (κ3) is 3.30. The first-order valence-corrected chi connectivity index (χ1v) is 9.40. The molecule has 1 heterocycles. The Hall–Kier alpha value is -2.60. The van der Waals surface area contributed by atoms with Gasteiger partial charge in [-0.25, -0.2) is 8.42 Å². The Balaban J connectivity index is 2.07. The van der Waals surface area contributed by atoms with Crippen molar-refractivity contribution in [2.45, 2.75) is 11.3 Å². The number of carbonyl (C=O) groups is 1. The van der Waals surface area contributed by atoms with E-state index in [4.69, 9.17) is 9.47 Å². The zero-order valence-corrected chi connectivity index (χ0v) is 14.8. The van der Waals surface area contributed by atoms with E-state index in [2.05, 4.69) is 0 Å². The van der Waals surface area contributed by atoms with Gasteiger partial charge in [-0.15, -0.1) is 0 Å². The van der Waals surface area contributed by atoms with Crippen LogP contribution in [0.4, 0.5) is 0 Å². The van der Waals surface area contributed by atoms with Crippen LogP contribution < -0.4 is 9.47 Å². The smallest absolute Gasteiger partial charge is 0.190 e. The summed E-state index contributed by atoms with van der Waals surface area (Å²) in [7, 11) is -0.382. The number of fused-ring (bicyclic) bond motifs is 1. The van der Waals surface area contributed by atoms with Crippen molar-refractivity contribution in [1.82, 2.24) is 0 Å². The van der Waals surface area contributed by atoms with E-state index in [0.29, 0.717) is 17.1 Å². The quantitative estimate of drug-likeness (QED) is 0.789. The van der Waals surface area contributed by atoms with Gasteiger partial charge in [-0.05, 0) is 42.3 Å². The number of ether oxygens (including phenoxy) is 2. The predicted octanol–water partition coefficient (Wildman–Crippen LogP) is 3.15.